The third kappa shape index (κ3) is 3.06. The van der Waals surface area contributed by atoms with E-state index in [1.165, 1.54) is 4.90 Å². The van der Waals surface area contributed by atoms with Crippen LogP contribution in [0, 0.1) is 23.0 Å². The first-order valence-electron chi connectivity index (χ1n) is 5.86. The third-order valence-corrected chi connectivity index (χ3v) is 3.11. The molecule has 0 fully saturated rings. The maximum absolute atomic E-state index is 13.9. The lowest BCUT2D eigenvalue weighted by Gasteiger charge is -2.20. The van der Waals surface area contributed by atoms with Crippen molar-refractivity contribution in [1.29, 1.82) is 5.26 Å². The molecule has 0 saturated carbocycles. The van der Waals surface area contributed by atoms with Gasteiger partial charge < -0.3 is 4.90 Å². The van der Waals surface area contributed by atoms with Crippen LogP contribution in [0.4, 0.5) is 14.5 Å². The molecule has 2 aromatic rings. The van der Waals surface area contributed by atoms with E-state index in [1.54, 1.807) is 37.4 Å². The number of anilines is 1. The highest BCUT2D eigenvalue weighted by Gasteiger charge is 2.15. The van der Waals surface area contributed by atoms with Crippen LogP contribution in [0.3, 0.4) is 0 Å². The highest BCUT2D eigenvalue weighted by molar-refractivity contribution is 6.30. The summed E-state index contributed by atoms with van der Waals surface area (Å²) >= 11 is 5.78. The van der Waals surface area contributed by atoms with Crippen molar-refractivity contribution in [3.05, 3.63) is 64.2 Å². The molecule has 0 radical (unpaired) electrons. The van der Waals surface area contributed by atoms with E-state index in [9.17, 15) is 8.78 Å². The van der Waals surface area contributed by atoms with Crippen LogP contribution in [0.5, 0.6) is 0 Å². The van der Waals surface area contributed by atoms with E-state index >= 15 is 0 Å². The number of benzene rings is 2. The monoisotopic (exact) mass is 292 g/mol. The molecule has 20 heavy (non-hydrogen) atoms. The molecule has 0 atom stereocenters. The summed E-state index contributed by atoms with van der Waals surface area (Å²) in [6.45, 7) is 0.330. The lowest BCUT2D eigenvalue weighted by Crippen LogP contribution is -2.19. The predicted molar refractivity (Wildman–Crippen MR) is 74.6 cm³/mol. The van der Waals surface area contributed by atoms with Crippen molar-refractivity contribution in [2.75, 3.05) is 11.9 Å². The van der Waals surface area contributed by atoms with Crippen molar-refractivity contribution in [2.24, 2.45) is 0 Å². The maximum atomic E-state index is 13.9. The Kier molecular flexibility index (Phi) is 4.21. The standard InChI is InChI=1S/C15H11ClF2N2/c1-20(9-10-2-4-12(16)5-3-10)15-13(17)6-11(8-19)7-14(15)18/h2-7H,9H2,1H3. The van der Waals surface area contributed by atoms with Crippen LogP contribution in [-0.4, -0.2) is 7.05 Å². The van der Waals surface area contributed by atoms with Gasteiger partial charge in [0.1, 0.15) is 5.69 Å². The van der Waals surface area contributed by atoms with Crippen LogP contribution in [-0.2, 0) is 6.54 Å². The summed E-state index contributed by atoms with van der Waals surface area (Å²) in [6, 6.07) is 10.8. The highest BCUT2D eigenvalue weighted by Crippen LogP contribution is 2.25. The molecule has 0 amide bonds. The Morgan fingerprint density at radius 3 is 2.20 bits per heavy atom. The van der Waals surface area contributed by atoms with Gasteiger partial charge in [-0.15, -0.1) is 0 Å². The summed E-state index contributed by atoms with van der Waals surface area (Å²) in [5.74, 6) is -1.50. The van der Waals surface area contributed by atoms with Gasteiger partial charge >= 0.3 is 0 Å². The molecular formula is C15H11ClF2N2. The van der Waals surface area contributed by atoms with E-state index in [2.05, 4.69) is 0 Å². The Morgan fingerprint density at radius 2 is 1.70 bits per heavy atom. The smallest absolute Gasteiger partial charge is 0.150 e. The van der Waals surface area contributed by atoms with Crippen LogP contribution < -0.4 is 4.90 Å². The van der Waals surface area contributed by atoms with Crippen molar-refractivity contribution < 1.29 is 8.78 Å². The van der Waals surface area contributed by atoms with Gasteiger partial charge in [-0.1, -0.05) is 23.7 Å². The van der Waals surface area contributed by atoms with E-state index in [0.717, 1.165) is 17.7 Å². The Bertz CT molecular complexity index is 640. The summed E-state index contributed by atoms with van der Waals surface area (Å²) in [7, 11) is 1.59. The van der Waals surface area contributed by atoms with Gasteiger partial charge in [0.2, 0.25) is 0 Å². The molecule has 0 aromatic heterocycles. The molecule has 0 aliphatic rings. The Hall–Kier alpha value is -2.12. The zero-order valence-corrected chi connectivity index (χ0v) is 11.5. The molecule has 0 bridgehead atoms. The number of rotatable bonds is 3. The average molecular weight is 293 g/mol. The van der Waals surface area contributed by atoms with Gasteiger partial charge in [-0.25, -0.2) is 8.78 Å². The first-order chi connectivity index (χ1) is 9.51. The van der Waals surface area contributed by atoms with Crippen molar-refractivity contribution >= 4 is 17.3 Å². The molecule has 0 saturated heterocycles. The summed E-state index contributed by atoms with van der Waals surface area (Å²) in [5, 5.41) is 9.27. The third-order valence-electron chi connectivity index (χ3n) is 2.86. The van der Waals surface area contributed by atoms with Gasteiger partial charge in [-0.2, -0.15) is 5.26 Å². The second-order valence-corrected chi connectivity index (χ2v) is 4.82. The minimum absolute atomic E-state index is 0.0383. The van der Waals surface area contributed by atoms with E-state index in [-0.39, 0.29) is 11.3 Å². The van der Waals surface area contributed by atoms with Gasteiger partial charge in [0, 0.05) is 18.6 Å². The fourth-order valence-corrected chi connectivity index (χ4v) is 2.06. The Labute approximate surface area is 120 Å². The fourth-order valence-electron chi connectivity index (χ4n) is 1.94. The number of nitrogens with zero attached hydrogens (tertiary/aromatic N) is 2. The molecule has 0 aliphatic carbocycles. The van der Waals surface area contributed by atoms with Gasteiger partial charge in [-0.05, 0) is 29.8 Å². The number of halogens is 3. The summed E-state index contributed by atoms with van der Waals surface area (Å²) in [4.78, 5) is 1.45. The number of hydrogen-bond acceptors (Lipinski definition) is 2. The van der Waals surface area contributed by atoms with Gasteiger partial charge in [0.25, 0.3) is 0 Å². The summed E-state index contributed by atoms with van der Waals surface area (Å²) < 4.78 is 27.7. The van der Waals surface area contributed by atoms with Crippen LogP contribution in [0.2, 0.25) is 5.02 Å². The van der Waals surface area contributed by atoms with Crippen molar-refractivity contribution in [1.82, 2.24) is 0 Å². The maximum Gasteiger partial charge on any atom is 0.150 e. The molecule has 0 N–H and O–H groups in total. The molecule has 5 heteroatoms. The lowest BCUT2D eigenvalue weighted by molar-refractivity contribution is 0.576. The number of nitriles is 1. The van der Waals surface area contributed by atoms with Crippen LogP contribution in [0.1, 0.15) is 11.1 Å². The van der Waals surface area contributed by atoms with E-state index in [1.807, 2.05) is 0 Å². The van der Waals surface area contributed by atoms with E-state index in [0.29, 0.717) is 11.6 Å². The SMILES string of the molecule is CN(Cc1ccc(Cl)cc1)c1c(F)cc(C#N)cc1F. The van der Waals surface area contributed by atoms with Gasteiger partial charge in [0.05, 0.1) is 11.6 Å². The predicted octanol–water partition coefficient (Wildman–Crippen LogP) is 4.13. The highest BCUT2D eigenvalue weighted by atomic mass is 35.5. The molecule has 2 aromatic carbocycles. The van der Waals surface area contributed by atoms with Crippen molar-refractivity contribution in [3.63, 3.8) is 0 Å². The molecule has 0 spiro atoms. The average Bonchev–Trinajstić information content (AvgIpc) is 2.40. The lowest BCUT2D eigenvalue weighted by atomic mass is 10.1. The van der Waals surface area contributed by atoms with Gasteiger partial charge in [0.15, 0.2) is 11.6 Å². The largest absolute Gasteiger partial charge is 0.366 e. The topological polar surface area (TPSA) is 27.0 Å². The first kappa shape index (κ1) is 14.3. The van der Waals surface area contributed by atoms with Crippen LogP contribution in [0.25, 0.3) is 0 Å². The number of hydrogen-bond donors (Lipinski definition) is 0. The molecule has 2 nitrogen and oxygen atoms in total. The second-order valence-electron chi connectivity index (χ2n) is 4.38. The van der Waals surface area contributed by atoms with Crippen molar-refractivity contribution in [3.8, 4) is 6.07 Å². The minimum Gasteiger partial charge on any atom is -0.366 e. The Balaban J connectivity index is 2.27. The molecule has 102 valence electrons. The second kappa shape index (κ2) is 5.89. The van der Waals surface area contributed by atoms with Crippen LogP contribution in [0.15, 0.2) is 36.4 Å². The molecule has 0 heterocycles. The molecule has 2 rings (SSSR count). The van der Waals surface area contributed by atoms with E-state index < -0.39 is 11.6 Å². The Morgan fingerprint density at radius 1 is 1.15 bits per heavy atom. The van der Waals surface area contributed by atoms with Crippen LogP contribution >= 0.6 is 11.6 Å². The fraction of sp³-hybridized carbons (Fsp3) is 0.133. The molecule has 0 aliphatic heterocycles. The van der Waals surface area contributed by atoms with Gasteiger partial charge in [-0.3, -0.25) is 0 Å². The zero-order chi connectivity index (χ0) is 14.7. The molecule has 0 unspecified atom stereocenters. The first-order valence-corrected chi connectivity index (χ1v) is 6.24. The van der Waals surface area contributed by atoms with E-state index in [4.69, 9.17) is 16.9 Å². The normalized spacial score (nSPS) is 10.2. The quantitative estimate of drug-likeness (QED) is 0.850. The zero-order valence-electron chi connectivity index (χ0n) is 10.7. The summed E-state index contributed by atoms with van der Waals surface area (Å²) in [6.07, 6.45) is 0. The summed E-state index contributed by atoms with van der Waals surface area (Å²) in [5.41, 5.74) is 0.683. The minimum atomic E-state index is -0.752. The van der Waals surface area contributed by atoms with Crippen molar-refractivity contribution in [2.45, 2.75) is 6.54 Å². The molecular weight excluding hydrogens is 282 g/mol.